The van der Waals surface area contributed by atoms with Crippen LogP contribution in [0.4, 0.5) is 0 Å². The minimum Gasteiger partial charge on any atom is -0.0619 e. The van der Waals surface area contributed by atoms with Crippen molar-refractivity contribution in [2.75, 3.05) is 0 Å². The topological polar surface area (TPSA) is 0 Å². The summed E-state index contributed by atoms with van der Waals surface area (Å²) in [5, 5.41) is 15.8. The van der Waals surface area contributed by atoms with E-state index < -0.39 is 5.41 Å². The molecule has 0 heteroatoms. The van der Waals surface area contributed by atoms with Gasteiger partial charge in [-0.05, 0) is 149 Å². The Morgan fingerprint density at radius 3 is 1.42 bits per heavy atom. The molecule has 0 radical (unpaired) electrons. The Morgan fingerprint density at radius 1 is 0.305 bits per heavy atom. The maximum Gasteiger partial charge on any atom is 0.0725 e. The highest BCUT2D eigenvalue weighted by Crippen LogP contribution is 2.64. The van der Waals surface area contributed by atoms with Crippen LogP contribution >= 0.6 is 0 Å². The molecule has 0 fully saturated rings. The molecule has 0 N–H and O–H groups in total. The van der Waals surface area contributed by atoms with Crippen molar-refractivity contribution in [1.82, 2.24) is 0 Å². The first-order valence-corrected chi connectivity index (χ1v) is 21.0. The van der Waals surface area contributed by atoms with Crippen LogP contribution in [0, 0.1) is 0 Å². The summed E-state index contributed by atoms with van der Waals surface area (Å²) in [5.74, 6) is 0. The fourth-order valence-electron chi connectivity index (χ4n) is 11.4. The number of benzene rings is 11. The number of rotatable bonds is 1. The Bertz CT molecular complexity index is 3610. The minimum atomic E-state index is -0.471. The van der Waals surface area contributed by atoms with Crippen LogP contribution in [0.1, 0.15) is 48.6 Å². The van der Waals surface area contributed by atoms with E-state index in [0.717, 1.165) is 0 Å². The van der Waals surface area contributed by atoms with Gasteiger partial charge in [-0.2, -0.15) is 0 Å². The molecule has 11 aromatic carbocycles. The molecule has 1 unspecified atom stereocenters. The van der Waals surface area contributed by atoms with Crippen molar-refractivity contribution < 1.29 is 0 Å². The predicted octanol–water partition coefficient (Wildman–Crippen LogP) is 15.9. The molecule has 0 aromatic heterocycles. The first-order chi connectivity index (χ1) is 28.9. The second-order valence-electron chi connectivity index (χ2n) is 17.9. The maximum absolute atomic E-state index is 2.53. The molecule has 0 amide bonds. The lowest BCUT2D eigenvalue weighted by molar-refractivity contribution is 0.591. The quantitative estimate of drug-likeness (QED) is 0.147. The van der Waals surface area contributed by atoms with Gasteiger partial charge in [0.05, 0.1) is 5.41 Å². The van der Waals surface area contributed by atoms with Gasteiger partial charge in [-0.25, -0.2) is 0 Å². The van der Waals surface area contributed by atoms with Gasteiger partial charge < -0.3 is 0 Å². The Labute approximate surface area is 344 Å². The van der Waals surface area contributed by atoms with Crippen molar-refractivity contribution in [1.29, 1.82) is 0 Å². The molecular weight excluding hydrogens is 709 g/mol. The Kier molecular flexibility index (Phi) is 6.46. The van der Waals surface area contributed by atoms with Gasteiger partial charge >= 0.3 is 0 Å². The van der Waals surface area contributed by atoms with E-state index in [-0.39, 0.29) is 5.41 Å². The monoisotopic (exact) mass is 748 g/mol. The average Bonchev–Trinajstić information content (AvgIpc) is 3.75. The summed E-state index contributed by atoms with van der Waals surface area (Å²) < 4.78 is 0. The van der Waals surface area contributed by atoms with Crippen LogP contribution in [0.5, 0.6) is 0 Å². The van der Waals surface area contributed by atoms with Crippen LogP contribution in [-0.2, 0) is 10.8 Å². The van der Waals surface area contributed by atoms with E-state index in [2.05, 4.69) is 209 Å². The molecule has 1 atom stereocenters. The summed E-state index contributed by atoms with van der Waals surface area (Å²) in [7, 11) is 0. The van der Waals surface area contributed by atoms with Gasteiger partial charge in [0.1, 0.15) is 0 Å². The lowest BCUT2D eigenvalue weighted by Gasteiger charge is -2.31. The molecule has 13 rings (SSSR count). The predicted molar refractivity (Wildman–Crippen MR) is 252 cm³/mol. The highest BCUT2D eigenvalue weighted by Gasteiger charge is 2.52. The maximum atomic E-state index is 2.53. The van der Waals surface area contributed by atoms with E-state index >= 15 is 0 Å². The highest BCUT2D eigenvalue weighted by atomic mass is 14.5. The molecule has 0 aliphatic heterocycles. The molecular formula is C59H40. The van der Waals surface area contributed by atoms with Crippen molar-refractivity contribution >= 4 is 64.6 Å². The molecule has 0 heterocycles. The van der Waals surface area contributed by atoms with Crippen molar-refractivity contribution in [3.8, 4) is 33.4 Å². The average molecular weight is 749 g/mol. The third kappa shape index (κ3) is 4.23. The van der Waals surface area contributed by atoms with E-state index in [1.807, 2.05) is 0 Å². The Balaban J connectivity index is 1.14. The number of fused-ring (bicyclic) bond motifs is 23. The molecule has 0 nitrogen and oxygen atoms in total. The van der Waals surface area contributed by atoms with Gasteiger partial charge in [0, 0.05) is 0 Å². The molecule has 276 valence electrons. The lowest BCUT2D eigenvalue weighted by atomic mass is 9.70. The standard InChI is InChI=1S/C59H40/c1-58(2,3)37-26-29-45-41-17-6-8-18-42(41)48-30-31-54-57(56(48)51(45)34-37)49-21-11-13-23-53(49)59(54)52-22-12-10-20-46(52)47-28-25-36(33-55(47)59)35-24-27-44-40-16-5-4-14-38(40)39-15-7-9-19-43(39)50(44)32-35/h4-34H,1-3H3. The fourth-order valence-corrected chi connectivity index (χ4v) is 11.4. The summed E-state index contributed by atoms with van der Waals surface area (Å²) in [6.07, 6.45) is 0. The van der Waals surface area contributed by atoms with E-state index in [9.17, 15) is 0 Å². The Hall–Kier alpha value is -7.02. The summed E-state index contributed by atoms with van der Waals surface area (Å²) in [6, 6.07) is 71.8. The second kappa shape index (κ2) is 11.6. The zero-order valence-electron chi connectivity index (χ0n) is 33.4. The third-order valence-corrected chi connectivity index (χ3v) is 14.0. The fraction of sp³-hybridized carbons (Fsp3) is 0.0847. The van der Waals surface area contributed by atoms with E-state index in [4.69, 9.17) is 0 Å². The summed E-state index contributed by atoms with van der Waals surface area (Å²) in [6.45, 7) is 6.99. The van der Waals surface area contributed by atoms with Crippen molar-refractivity contribution in [2.45, 2.75) is 31.6 Å². The van der Waals surface area contributed by atoms with Gasteiger partial charge in [-0.1, -0.05) is 191 Å². The largest absolute Gasteiger partial charge is 0.0725 e. The van der Waals surface area contributed by atoms with Gasteiger partial charge in [0.2, 0.25) is 0 Å². The summed E-state index contributed by atoms with van der Waals surface area (Å²) >= 11 is 0. The summed E-state index contributed by atoms with van der Waals surface area (Å²) in [5.41, 5.74) is 14.2. The molecule has 1 spiro atoms. The van der Waals surface area contributed by atoms with E-state index in [0.29, 0.717) is 0 Å². The van der Waals surface area contributed by atoms with Gasteiger partial charge in [-0.15, -0.1) is 0 Å². The van der Waals surface area contributed by atoms with Crippen LogP contribution in [-0.4, -0.2) is 0 Å². The molecule has 0 saturated carbocycles. The van der Waals surface area contributed by atoms with Crippen LogP contribution in [0.25, 0.3) is 98.0 Å². The molecule has 0 bridgehead atoms. The van der Waals surface area contributed by atoms with Crippen molar-refractivity contribution in [3.63, 3.8) is 0 Å². The molecule has 0 saturated heterocycles. The van der Waals surface area contributed by atoms with Gasteiger partial charge in [0.15, 0.2) is 0 Å². The zero-order chi connectivity index (χ0) is 39.2. The SMILES string of the molecule is CC(C)(C)c1ccc2c3ccccc3c3ccc4c(c3c2c1)-c1ccccc1C41c2ccccc2-c2ccc(-c3ccc4c5ccccc5c5ccccc5c4c3)cc21. The first-order valence-electron chi connectivity index (χ1n) is 21.0. The van der Waals surface area contributed by atoms with E-state index in [1.54, 1.807) is 0 Å². The minimum absolute atomic E-state index is 0.0190. The molecule has 2 aliphatic rings. The van der Waals surface area contributed by atoms with Crippen LogP contribution in [0.15, 0.2) is 188 Å². The lowest BCUT2D eigenvalue weighted by Crippen LogP contribution is -2.25. The Morgan fingerprint density at radius 2 is 0.763 bits per heavy atom. The number of hydrogen-bond acceptors (Lipinski definition) is 0. The summed E-state index contributed by atoms with van der Waals surface area (Å²) in [4.78, 5) is 0. The smallest absolute Gasteiger partial charge is 0.0619 e. The van der Waals surface area contributed by atoms with Crippen LogP contribution < -0.4 is 0 Å². The molecule has 59 heavy (non-hydrogen) atoms. The second-order valence-corrected chi connectivity index (χ2v) is 17.9. The van der Waals surface area contributed by atoms with Crippen LogP contribution in [0.2, 0.25) is 0 Å². The zero-order valence-corrected chi connectivity index (χ0v) is 33.4. The van der Waals surface area contributed by atoms with Crippen molar-refractivity contribution in [2.24, 2.45) is 0 Å². The highest BCUT2D eigenvalue weighted by molar-refractivity contribution is 6.30. The van der Waals surface area contributed by atoms with Gasteiger partial charge in [-0.3, -0.25) is 0 Å². The normalized spacial score (nSPS) is 15.4. The van der Waals surface area contributed by atoms with Crippen molar-refractivity contribution in [3.05, 3.63) is 216 Å². The first kappa shape index (κ1) is 33.0. The molecule has 2 aliphatic carbocycles. The molecule has 11 aromatic rings. The van der Waals surface area contributed by atoms with Gasteiger partial charge in [0.25, 0.3) is 0 Å². The van der Waals surface area contributed by atoms with Crippen LogP contribution in [0.3, 0.4) is 0 Å². The number of hydrogen-bond donors (Lipinski definition) is 0. The third-order valence-electron chi connectivity index (χ3n) is 14.0. The van der Waals surface area contributed by atoms with E-state index in [1.165, 1.54) is 126 Å².